The number of ether oxygens (including phenoxy) is 1. The summed E-state index contributed by atoms with van der Waals surface area (Å²) in [6, 6.07) is 0. The first-order valence-electron chi connectivity index (χ1n) is 3.63. The molecule has 1 nitrogen and oxygen atoms in total. The molecule has 0 heterocycles. The van der Waals surface area contributed by atoms with Gasteiger partial charge in [0, 0.05) is 0 Å². The Morgan fingerprint density at radius 2 is 2.09 bits per heavy atom. The van der Waals surface area contributed by atoms with Crippen molar-refractivity contribution in [2.45, 2.75) is 32.6 Å². The average molecular weight is 220 g/mol. The van der Waals surface area contributed by atoms with E-state index in [4.69, 9.17) is 4.74 Å². The van der Waals surface area contributed by atoms with Crippen molar-refractivity contribution in [2.24, 2.45) is 0 Å². The van der Waals surface area contributed by atoms with Gasteiger partial charge in [0.15, 0.2) is 0 Å². The van der Waals surface area contributed by atoms with Crippen LogP contribution in [0.1, 0.15) is 35.5 Å². The van der Waals surface area contributed by atoms with E-state index in [1.54, 1.807) is 0 Å². The summed E-state index contributed by atoms with van der Waals surface area (Å²) in [5, 5.41) is 0. The maximum Gasteiger partial charge on any atom is 2.00 e. The molecule has 0 unspecified atom stereocenters. The molecule has 0 aliphatic heterocycles. The quantitative estimate of drug-likeness (QED) is 0.330. The summed E-state index contributed by atoms with van der Waals surface area (Å²) < 4.78 is 5.34. The zero-order valence-electron chi connectivity index (χ0n) is 9.01. The summed E-state index contributed by atoms with van der Waals surface area (Å²) in [6.45, 7) is 2.91. The molecule has 0 aromatic rings. The van der Waals surface area contributed by atoms with Crippen LogP contribution in [0.15, 0.2) is 0 Å². The Morgan fingerprint density at radius 3 is 2.55 bits per heavy atom. The van der Waals surface area contributed by atoms with Crippen LogP contribution in [0.5, 0.6) is 0 Å². The number of unbranched alkanes of at least 4 members (excludes halogenated alkanes) is 3. The van der Waals surface area contributed by atoms with Gasteiger partial charge in [0.2, 0.25) is 4.38 Å². The monoisotopic (exact) mass is 220 g/mol. The summed E-state index contributed by atoms with van der Waals surface area (Å²) in [5.41, 5.74) is 0. The maximum absolute atomic E-state index is 4.98. The summed E-state index contributed by atoms with van der Waals surface area (Å²) in [7, 11) is 0. The van der Waals surface area contributed by atoms with Crippen LogP contribution in [0, 0.1) is 0 Å². The summed E-state index contributed by atoms with van der Waals surface area (Å²) in [6.07, 6.45) is 4.86. The van der Waals surface area contributed by atoms with Gasteiger partial charge in [0.1, 0.15) is 0 Å². The molecular weight excluding hydrogens is 204 g/mol. The third-order valence-corrected chi connectivity index (χ3v) is 1.47. The van der Waals surface area contributed by atoms with Crippen molar-refractivity contribution in [1.82, 2.24) is 0 Å². The number of thiol groups is 1. The predicted octanol–water partition coefficient (Wildman–Crippen LogP) is 2.64. The second kappa shape index (κ2) is 11.5. The first-order valence-corrected chi connectivity index (χ1v) is 4.48. The zero-order chi connectivity index (χ0) is 7.82. The van der Waals surface area contributed by atoms with Gasteiger partial charge in [-0.1, -0.05) is 38.8 Å². The van der Waals surface area contributed by atoms with Crippen molar-refractivity contribution in [2.75, 3.05) is 6.61 Å². The molecule has 64 valence electrons. The molecule has 0 radical (unpaired) electrons. The minimum absolute atomic E-state index is 0. The van der Waals surface area contributed by atoms with Gasteiger partial charge in [-0.25, -0.2) is 0 Å². The third-order valence-electron chi connectivity index (χ3n) is 1.22. The molecule has 4 heteroatoms. The van der Waals surface area contributed by atoms with Gasteiger partial charge in [0.05, 0.1) is 6.61 Å². The molecule has 0 bridgehead atoms. The number of rotatable bonds is 5. The normalized spacial score (nSPS) is 8.55. The molecule has 0 saturated carbocycles. The molecule has 0 aromatic heterocycles. The van der Waals surface area contributed by atoms with Gasteiger partial charge >= 0.3 is 37.7 Å². The molecule has 0 aromatic carbocycles. The van der Waals surface area contributed by atoms with Crippen molar-refractivity contribution in [3.05, 3.63) is 0 Å². The van der Waals surface area contributed by atoms with Crippen molar-refractivity contribution in [1.29, 1.82) is 0 Å². The van der Waals surface area contributed by atoms with E-state index in [1.807, 2.05) is 0 Å². The SMILES string of the molecule is CCCCCCOC(=S)S.[Ca+2].[H-].[H-]. The van der Waals surface area contributed by atoms with Crippen LogP contribution >= 0.6 is 24.8 Å². The van der Waals surface area contributed by atoms with E-state index in [9.17, 15) is 0 Å². The Balaban J connectivity index is -0.000000135. The van der Waals surface area contributed by atoms with Crippen LogP contribution in [-0.4, -0.2) is 48.7 Å². The molecule has 0 amide bonds. The topological polar surface area (TPSA) is 9.23 Å². The van der Waals surface area contributed by atoms with E-state index >= 15 is 0 Å². The number of thiocarbonyl (C=S) groups is 1. The van der Waals surface area contributed by atoms with Gasteiger partial charge in [-0.05, 0) is 18.6 Å². The van der Waals surface area contributed by atoms with Crippen LogP contribution in [0.4, 0.5) is 0 Å². The van der Waals surface area contributed by atoms with Crippen molar-refractivity contribution >= 4 is 67.0 Å². The Morgan fingerprint density at radius 1 is 1.45 bits per heavy atom. The van der Waals surface area contributed by atoms with Gasteiger partial charge in [-0.2, -0.15) is 0 Å². The molecule has 0 aliphatic rings. The number of hydrogen-bond acceptors (Lipinski definition) is 2. The number of hydrogen-bond donors (Lipinski definition) is 1. The summed E-state index contributed by atoms with van der Waals surface area (Å²) in [4.78, 5) is 0. The first-order chi connectivity index (χ1) is 4.77. The van der Waals surface area contributed by atoms with Crippen molar-refractivity contribution in [3.63, 3.8) is 0 Å². The Labute approximate surface area is 113 Å². The van der Waals surface area contributed by atoms with E-state index in [-0.39, 0.29) is 40.6 Å². The van der Waals surface area contributed by atoms with Crippen molar-refractivity contribution in [3.8, 4) is 0 Å². The Kier molecular flexibility index (Phi) is 15.7. The molecule has 0 aliphatic carbocycles. The molecule has 11 heavy (non-hydrogen) atoms. The van der Waals surface area contributed by atoms with Crippen molar-refractivity contribution < 1.29 is 7.59 Å². The van der Waals surface area contributed by atoms with E-state index in [0.29, 0.717) is 4.38 Å². The predicted molar refractivity (Wildman–Crippen MR) is 59.7 cm³/mol. The standard InChI is InChI=1S/C7H14OS2.Ca.2H/c1-2-3-4-5-6-8-7(9)10;;;/h2-6H2,1H3,(H,9,10);;;/q;+2;2*-1. The molecule has 0 saturated heterocycles. The van der Waals surface area contributed by atoms with Gasteiger partial charge in [-0.3, -0.25) is 0 Å². The van der Waals surface area contributed by atoms with Crippen LogP contribution < -0.4 is 0 Å². The molecular formula is C7H16CaOS2. The minimum Gasteiger partial charge on any atom is -1.00 e. The smallest absolute Gasteiger partial charge is 1.00 e. The van der Waals surface area contributed by atoms with E-state index in [2.05, 4.69) is 31.8 Å². The molecule has 0 spiro atoms. The summed E-state index contributed by atoms with van der Waals surface area (Å²) in [5.74, 6) is 0. The molecule has 0 atom stereocenters. The fourth-order valence-corrected chi connectivity index (χ4v) is 0.863. The van der Waals surface area contributed by atoms with Crippen LogP contribution in [0.25, 0.3) is 0 Å². The van der Waals surface area contributed by atoms with Gasteiger partial charge in [-0.15, -0.1) is 0 Å². The van der Waals surface area contributed by atoms with E-state index in [1.165, 1.54) is 19.3 Å². The van der Waals surface area contributed by atoms with Crippen LogP contribution in [-0.2, 0) is 4.74 Å². The van der Waals surface area contributed by atoms with Crippen LogP contribution in [0.2, 0.25) is 0 Å². The Hall–Kier alpha value is 1.50. The molecule has 0 rings (SSSR count). The Bertz CT molecular complexity index is 106. The van der Waals surface area contributed by atoms with Crippen LogP contribution in [0.3, 0.4) is 0 Å². The minimum atomic E-state index is 0. The maximum atomic E-state index is 4.98. The van der Waals surface area contributed by atoms with Gasteiger partial charge in [0.25, 0.3) is 0 Å². The summed E-state index contributed by atoms with van der Waals surface area (Å²) >= 11 is 8.45. The largest absolute Gasteiger partial charge is 2.00 e. The third kappa shape index (κ3) is 14.4. The second-order valence-electron chi connectivity index (χ2n) is 2.18. The van der Waals surface area contributed by atoms with Gasteiger partial charge < -0.3 is 7.59 Å². The first kappa shape index (κ1) is 15.0. The fraction of sp³-hybridized carbons (Fsp3) is 0.857. The molecule has 0 N–H and O–H groups in total. The zero-order valence-corrected chi connectivity index (χ0v) is 10.9. The molecule has 0 fully saturated rings. The van der Waals surface area contributed by atoms with E-state index in [0.717, 1.165) is 13.0 Å². The fourth-order valence-electron chi connectivity index (χ4n) is 0.688. The van der Waals surface area contributed by atoms with E-state index < -0.39 is 0 Å². The average Bonchev–Trinajstić information content (AvgIpc) is 1.87. The second-order valence-corrected chi connectivity index (χ2v) is 3.25.